The fraction of sp³-hybridized carbons (Fsp3) is 0.545. The molecule has 0 amide bonds. The molecule has 2 heterocycles. The van der Waals surface area contributed by atoms with Gasteiger partial charge in [-0.3, -0.25) is 4.90 Å². The number of rotatable bonds is 7. The molecule has 0 aliphatic carbocycles. The highest BCUT2D eigenvalue weighted by molar-refractivity contribution is 14.0. The maximum Gasteiger partial charge on any atom is 0.216 e. The Balaban J connectivity index is 0.00000300. The van der Waals surface area contributed by atoms with Crippen molar-refractivity contribution < 1.29 is 4.42 Å². The Morgan fingerprint density at radius 1 is 1.21 bits per heavy atom. The number of hydrogen-bond donors (Lipinski definition) is 2. The molecule has 2 N–H and O–H groups in total. The van der Waals surface area contributed by atoms with Gasteiger partial charge in [-0.2, -0.15) is 0 Å². The first-order valence-corrected chi connectivity index (χ1v) is 10.4. The van der Waals surface area contributed by atoms with E-state index in [1.54, 1.807) is 0 Å². The lowest BCUT2D eigenvalue weighted by molar-refractivity contribution is 0.141. The molecule has 0 saturated carbocycles. The molecule has 1 aromatic carbocycles. The van der Waals surface area contributed by atoms with Crippen LogP contribution in [0, 0.1) is 13.8 Å². The van der Waals surface area contributed by atoms with Gasteiger partial charge < -0.3 is 15.1 Å². The summed E-state index contributed by atoms with van der Waals surface area (Å²) in [4.78, 5) is 11.7. The number of halogens is 1. The van der Waals surface area contributed by atoms with Crippen molar-refractivity contribution in [3.8, 4) is 0 Å². The number of oxazole rings is 1. The first kappa shape index (κ1) is 23.7. The summed E-state index contributed by atoms with van der Waals surface area (Å²) in [6, 6.07) is 11.3. The standard InChI is InChI=1S/C22H33N5O.HI/c1-4-23-22(25-15-21-26-17(2)18(3)28-21)24-14-20-12-8-9-13-27(20)16-19-10-6-5-7-11-19;/h5-7,10-11,20H,4,8-9,12-16H2,1-3H3,(H2,23,24,25);1H. The molecule has 1 atom stereocenters. The van der Waals surface area contributed by atoms with Crippen LogP contribution in [0.2, 0.25) is 0 Å². The molecule has 0 radical (unpaired) electrons. The molecule has 2 aromatic rings. The smallest absolute Gasteiger partial charge is 0.216 e. The molecule has 6 nitrogen and oxygen atoms in total. The van der Waals surface area contributed by atoms with Crippen molar-refractivity contribution in [3.63, 3.8) is 0 Å². The van der Waals surface area contributed by atoms with E-state index in [0.29, 0.717) is 18.5 Å². The fourth-order valence-corrected chi connectivity index (χ4v) is 3.63. The molecule has 0 bridgehead atoms. The zero-order valence-electron chi connectivity index (χ0n) is 17.8. The van der Waals surface area contributed by atoms with Crippen LogP contribution < -0.4 is 10.6 Å². The van der Waals surface area contributed by atoms with Crippen LogP contribution in [-0.2, 0) is 13.1 Å². The summed E-state index contributed by atoms with van der Waals surface area (Å²) in [6.45, 7) is 10.3. The number of nitrogens with zero attached hydrogens (tertiary/aromatic N) is 3. The Labute approximate surface area is 191 Å². The van der Waals surface area contributed by atoms with Crippen LogP contribution in [0.25, 0.3) is 0 Å². The molecule has 1 fully saturated rings. The summed E-state index contributed by atoms with van der Waals surface area (Å²) in [5, 5.41) is 6.85. The SMILES string of the molecule is CCNC(=NCc1nc(C)c(C)o1)NCC1CCCCN1Cc1ccccc1.I. The van der Waals surface area contributed by atoms with Crippen LogP contribution in [0.15, 0.2) is 39.7 Å². The highest BCUT2D eigenvalue weighted by atomic mass is 127. The topological polar surface area (TPSA) is 65.7 Å². The van der Waals surface area contributed by atoms with Gasteiger partial charge in [0.2, 0.25) is 5.89 Å². The van der Waals surface area contributed by atoms with Gasteiger partial charge in [-0.1, -0.05) is 36.8 Å². The Hall–Kier alpha value is -1.61. The minimum atomic E-state index is 0. The van der Waals surface area contributed by atoms with E-state index in [2.05, 4.69) is 62.8 Å². The Kier molecular flexibility index (Phi) is 9.93. The fourth-order valence-electron chi connectivity index (χ4n) is 3.63. The minimum Gasteiger partial charge on any atom is -0.444 e. The number of piperidine rings is 1. The van der Waals surface area contributed by atoms with Crippen molar-refractivity contribution in [2.75, 3.05) is 19.6 Å². The van der Waals surface area contributed by atoms with E-state index in [9.17, 15) is 0 Å². The highest BCUT2D eigenvalue weighted by Crippen LogP contribution is 2.19. The number of guanidine groups is 1. The van der Waals surface area contributed by atoms with E-state index in [1.807, 2.05) is 13.8 Å². The normalized spacial score (nSPS) is 17.6. The molecule has 0 spiro atoms. The quantitative estimate of drug-likeness (QED) is 0.334. The van der Waals surface area contributed by atoms with Gasteiger partial charge in [-0.25, -0.2) is 9.98 Å². The number of benzene rings is 1. The second-order valence-corrected chi connectivity index (χ2v) is 7.43. The monoisotopic (exact) mass is 511 g/mol. The highest BCUT2D eigenvalue weighted by Gasteiger charge is 2.22. The minimum absolute atomic E-state index is 0. The van der Waals surface area contributed by atoms with Gasteiger partial charge in [-0.15, -0.1) is 24.0 Å². The zero-order valence-corrected chi connectivity index (χ0v) is 20.1. The predicted octanol–water partition coefficient (Wildman–Crippen LogP) is 4.02. The summed E-state index contributed by atoms with van der Waals surface area (Å²) in [7, 11) is 0. The lowest BCUT2D eigenvalue weighted by Crippen LogP contribution is -2.48. The second-order valence-electron chi connectivity index (χ2n) is 7.43. The van der Waals surface area contributed by atoms with Crippen LogP contribution in [0.3, 0.4) is 0 Å². The van der Waals surface area contributed by atoms with E-state index in [-0.39, 0.29) is 24.0 Å². The molecule has 29 heavy (non-hydrogen) atoms. The van der Waals surface area contributed by atoms with Crippen molar-refractivity contribution in [3.05, 3.63) is 53.2 Å². The van der Waals surface area contributed by atoms with Crippen molar-refractivity contribution in [1.29, 1.82) is 0 Å². The van der Waals surface area contributed by atoms with Gasteiger partial charge in [0.1, 0.15) is 12.3 Å². The summed E-state index contributed by atoms with van der Waals surface area (Å²) in [5.41, 5.74) is 2.31. The van der Waals surface area contributed by atoms with E-state index < -0.39 is 0 Å². The summed E-state index contributed by atoms with van der Waals surface area (Å²) >= 11 is 0. The summed E-state index contributed by atoms with van der Waals surface area (Å²) < 4.78 is 5.64. The zero-order chi connectivity index (χ0) is 19.8. The number of aromatic nitrogens is 1. The van der Waals surface area contributed by atoms with Gasteiger partial charge in [0.05, 0.1) is 5.69 Å². The molecule has 1 saturated heterocycles. The lowest BCUT2D eigenvalue weighted by Gasteiger charge is -2.36. The maximum absolute atomic E-state index is 5.64. The van der Waals surface area contributed by atoms with Crippen molar-refractivity contribution >= 4 is 29.9 Å². The van der Waals surface area contributed by atoms with Crippen LogP contribution in [0.4, 0.5) is 0 Å². The molecule has 1 aliphatic rings. The molecule has 7 heteroatoms. The van der Waals surface area contributed by atoms with Crippen LogP contribution in [0.1, 0.15) is 49.1 Å². The number of aryl methyl sites for hydroxylation is 2. The van der Waals surface area contributed by atoms with Gasteiger partial charge in [0.25, 0.3) is 0 Å². The van der Waals surface area contributed by atoms with Crippen LogP contribution >= 0.6 is 24.0 Å². The predicted molar refractivity (Wildman–Crippen MR) is 129 cm³/mol. The molecular weight excluding hydrogens is 477 g/mol. The molecular formula is C22H34IN5O. The van der Waals surface area contributed by atoms with Crippen LogP contribution in [-0.4, -0.2) is 41.5 Å². The van der Waals surface area contributed by atoms with Gasteiger partial charge in [-0.05, 0) is 45.7 Å². The third-order valence-corrected chi connectivity index (χ3v) is 5.27. The molecule has 3 rings (SSSR count). The summed E-state index contributed by atoms with van der Waals surface area (Å²) in [6.07, 6.45) is 3.79. The third-order valence-electron chi connectivity index (χ3n) is 5.27. The average Bonchev–Trinajstić information content (AvgIpc) is 3.03. The van der Waals surface area contributed by atoms with Gasteiger partial charge in [0, 0.05) is 25.7 Å². The number of aliphatic imine (C=N–C) groups is 1. The maximum atomic E-state index is 5.64. The van der Waals surface area contributed by atoms with Crippen molar-refractivity contribution in [2.24, 2.45) is 4.99 Å². The Morgan fingerprint density at radius 2 is 2.00 bits per heavy atom. The van der Waals surface area contributed by atoms with Gasteiger partial charge >= 0.3 is 0 Å². The van der Waals surface area contributed by atoms with Crippen LogP contribution in [0.5, 0.6) is 0 Å². The Bertz CT molecular complexity index is 742. The van der Waals surface area contributed by atoms with E-state index >= 15 is 0 Å². The van der Waals surface area contributed by atoms with Crippen molar-refractivity contribution in [1.82, 2.24) is 20.5 Å². The Morgan fingerprint density at radius 3 is 2.69 bits per heavy atom. The van der Waals surface area contributed by atoms with E-state index in [1.165, 1.54) is 24.8 Å². The molecule has 1 aromatic heterocycles. The first-order valence-electron chi connectivity index (χ1n) is 10.4. The number of hydrogen-bond acceptors (Lipinski definition) is 4. The molecule has 160 valence electrons. The van der Waals surface area contributed by atoms with E-state index in [0.717, 1.165) is 43.6 Å². The number of likely N-dealkylation sites (tertiary alicyclic amines) is 1. The molecule has 1 unspecified atom stereocenters. The van der Waals surface area contributed by atoms with Crippen molar-refractivity contribution in [2.45, 2.75) is 59.2 Å². The molecule has 1 aliphatic heterocycles. The largest absolute Gasteiger partial charge is 0.444 e. The average molecular weight is 511 g/mol. The summed E-state index contributed by atoms with van der Waals surface area (Å²) in [5.74, 6) is 2.35. The second kappa shape index (κ2) is 12.2. The lowest BCUT2D eigenvalue weighted by atomic mass is 10.0. The van der Waals surface area contributed by atoms with E-state index in [4.69, 9.17) is 4.42 Å². The number of nitrogens with one attached hydrogen (secondary N) is 2. The first-order chi connectivity index (χ1) is 13.7. The van der Waals surface area contributed by atoms with Gasteiger partial charge in [0.15, 0.2) is 5.96 Å². The third kappa shape index (κ3) is 7.29.